The topological polar surface area (TPSA) is 66.4 Å². The van der Waals surface area contributed by atoms with Gasteiger partial charge >= 0.3 is 0 Å². The van der Waals surface area contributed by atoms with Gasteiger partial charge in [0.1, 0.15) is 0 Å². The Bertz CT molecular complexity index is 345. The van der Waals surface area contributed by atoms with E-state index >= 15 is 0 Å². The number of thiophene rings is 1. The van der Waals surface area contributed by atoms with Crippen molar-refractivity contribution in [2.24, 2.45) is 0 Å². The molecular weight excluding hydrogens is 222 g/mol. The lowest BCUT2D eigenvalue weighted by Gasteiger charge is -2.03. The molecule has 1 aromatic rings. The molecule has 6 heteroatoms. The van der Waals surface area contributed by atoms with Gasteiger partial charge in [0, 0.05) is 13.2 Å². The lowest BCUT2D eigenvalue weighted by molar-refractivity contribution is 0.295. The highest BCUT2D eigenvalue weighted by atomic mass is 32.2. The van der Waals surface area contributed by atoms with Crippen LogP contribution in [0.2, 0.25) is 0 Å². The molecule has 0 saturated heterocycles. The van der Waals surface area contributed by atoms with Crippen LogP contribution in [0.25, 0.3) is 0 Å². The summed E-state index contributed by atoms with van der Waals surface area (Å²) in [5.41, 5.74) is 0.961. The van der Waals surface area contributed by atoms with Crippen molar-refractivity contribution in [3.8, 4) is 0 Å². The van der Waals surface area contributed by atoms with Crippen molar-refractivity contribution in [3.05, 3.63) is 22.4 Å². The predicted molar refractivity (Wildman–Crippen MR) is 56.6 cm³/mol. The van der Waals surface area contributed by atoms with Gasteiger partial charge in [-0.25, -0.2) is 13.1 Å². The van der Waals surface area contributed by atoms with Crippen LogP contribution < -0.4 is 4.72 Å². The fraction of sp³-hybridized carbons (Fsp3) is 0.500. The highest BCUT2D eigenvalue weighted by Crippen LogP contribution is 2.05. The van der Waals surface area contributed by atoms with Crippen LogP contribution in [0.4, 0.5) is 0 Å². The Morgan fingerprint density at radius 2 is 2.29 bits per heavy atom. The largest absolute Gasteiger partial charge is 0.396 e. The molecule has 0 unspecified atom stereocenters. The Morgan fingerprint density at radius 3 is 2.86 bits per heavy atom. The molecule has 0 fully saturated rings. The van der Waals surface area contributed by atoms with E-state index in [4.69, 9.17) is 5.11 Å². The first-order valence-corrected chi connectivity index (χ1v) is 6.83. The van der Waals surface area contributed by atoms with Crippen molar-refractivity contribution >= 4 is 21.4 Å². The van der Waals surface area contributed by atoms with Crippen molar-refractivity contribution in [1.82, 2.24) is 4.72 Å². The van der Waals surface area contributed by atoms with E-state index in [1.165, 1.54) is 11.3 Å². The monoisotopic (exact) mass is 235 g/mol. The summed E-state index contributed by atoms with van der Waals surface area (Å²) < 4.78 is 25.0. The summed E-state index contributed by atoms with van der Waals surface area (Å²) in [4.78, 5) is 0. The maximum atomic E-state index is 11.3. The smallest absolute Gasteiger partial charge is 0.211 e. The van der Waals surface area contributed by atoms with E-state index in [1.807, 2.05) is 16.8 Å². The summed E-state index contributed by atoms with van der Waals surface area (Å²) in [7, 11) is -3.23. The average molecular weight is 235 g/mol. The first-order chi connectivity index (χ1) is 6.64. The van der Waals surface area contributed by atoms with Gasteiger partial charge in [0.2, 0.25) is 10.0 Å². The highest BCUT2D eigenvalue weighted by molar-refractivity contribution is 7.89. The summed E-state index contributed by atoms with van der Waals surface area (Å²) in [6, 6.07) is 1.87. The Morgan fingerprint density at radius 1 is 1.50 bits per heavy atom. The number of aliphatic hydroxyl groups is 1. The zero-order valence-electron chi connectivity index (χ0n) is 7.64. The molecule has 2 N–H and O–H groups in total. The van der Waals surface area contributed by atoms with Crippen LogP contribution >= 0.6 is 11.3 Å². The van der Waals surface area contributed by atoms with Gasteiger partial charge in [-0.15, -0.1) is 0 Å². The molecule has 1 rings (SSSR count). The molecule has 0 spiro atoms. The van der Waals surface area contributed by atoms with Crippen LogP contribution in [0, 0.1) is 0 Å². The van der Waals surface area contributed by atoms with Crippen LogP contribution in [0.1, 0.15) is 12.0 Å². The second-order valence-corrected chi connectivity index (χ2v) is 5.56. The fourth-order valence-electron chi connectivity index (χ4n) is 0.913. The van der Waals surface area contributed by atoms with Crippen molar-refractivity contribution in [3.63, 3.8) is 0 Å². The third kappa shape index (κ3) is 4.19. The van der Waals surface area contributed by atoms with Gasteiger partial charge in [0.05, 0.1) is 5.75 Å². The first-order valence-electron chi connectivity index (χ1n) is 4.23. The minimum absolute atomic E-state index is 0.0202. The summed E-state index contributed by atoms with van der Waals surface area (Å²) in [6.07, 6.45) is 0.277. The molecule has 0 radical (unpaired) electrons. The molecule has 1 heterocycles. The Labute approximate surface area is 87.6 Å². The van der Waals surface area contributed by atoms with Gasteiger partial charge in [-0.1, -0.05) is 0 Å². The molecule has 0 atom stereocenters. The normalized spacial score (nSPS) is 11.8. The minimum atomic E-state index is -3.23. The molecule has 14 heavy (non-hydrogen) atoms. The maximum Gasteiger partial charge on any atom is 0.211 e. The van der Waals surface area contributed by atoms with Crippen LogP contribution in [-0.4, -0.2) is 25.9 Å². The van der Waals surface area contributed by atoms with E-state index in [-0.39, 0.29) is 18.8 Å². The number of rotatable bonds is 6. The molecular formula is C8H13NO3S2. The lowest BCUT2D eigenvalue weighted by atomic mass is 10.4. The molecule has 0 aliphatic heterocycles. The van der Waals surface area contributed by atoms with Crippen LogP contribution in [0.15, 0.2) is 16.8 Å². The number of hydrogen-bond donors (Lipinski definition) is 2. The Balaban J connectivity index is 2.37. The zero-order valence-corrected chi connectivity index (χ0v) is 9.27. The molecule has 0 aliphatic rings. The summed E-state index contributed by atoms with van der Waals surface area (Å²) in [5.74, 6) is -0.0202. The third-order valence-electron chi connectivity index (χ3n) is 1.65. The van der Waals surface area contributed by atoms with E-state index < -0.39 is 10.0 Å². The van der Waals surface area contributed by atoms with Crippen LogP contribution in [-0.2, 0) is 16.6 Å². The fourth-order valence-corrected chi connectivity index (χ4v) is 2.62. The average Bonchev–Trinajstić information content (AvgIpc) is 2.64. The van der Waals surface area contributed by atoms with E-state index in [0.29, 0.717) is 6.54 Å². The highest BCUT2D eigenvalue weighted by Gasteiger charge is 2.08. The number of aliphatic hydroxyl groups excluding tert-OH is 1. The Kier molecular flexibility index (Phi) is 4.53. The standard InChI is InChI=1S/C8H13NO3S2/c10-3-1-5-14(11,12)9-6-8-2-4-13-7-8/h2,4,7,9-10H,1,3,5-6H2. The van der Waals surface area contributed by atoms with E-state index in [9.17, 15) is 8.42 Å². The quantitative estimate of drug-likeness (QED) is 0.756. The first kappa shape index (κ1) is 11.6. The molecule has 4 nitrogen and oxygen atoms in total. The number of nitrogens with one attached hydrogen (secondary N) is 1. The van der Waals surface area contributed by atoms with Crippen molar-refractivity contribution in [1.29, 1.82) is 0 Å². The van der Waals surface area contributed by atoms with Gasteiger partial charge in [0.15, 0.2) is 0 Å². The number of hydrogen-bond acceptors (Lipinski definition) is 4. The van der Waals surface area contributed by atoms with Gasteiger partial charge < -0.3 is 5.11 Å². The summed E-state index contributed by atoms with van der Waals surface area (Å²) in [5, 5.41) is 12.3. The van der Waals surface area contributed by atoms with E-state index in [2.05, 4.69) is 4.72 Å². The number of sulfonamides is 1. The molecule has 0 amide bonds. The molecule has 0 aliphatic carbocycles. The van der Waals surface area contributed by atoms with Gasteiger partial charge in [0.25, 0.3) is 0 Å². The molecule has 0 aromatic carbocycles. The SMILES string of the molecule is O=S(=O)(CCCO)NCc1ccsc1. The maximum absolute atomic E-state index is 11.3. The van der Waals surface area contributed by atoms with Crippen LogP contribution in [0.5, 0.6) is 0 Å². The molecule has 0 bridgehead atoms. The third-order valence-corrected chi connectivity index (χ3v) is 3.79. The van der Waals surface area contributed by atoms with Crippen molar-refractivity contribution in [2.45, 2.75) is 13.0 Å². The molecule has 80 valence electrons. The van der Waals surface area contributed by atoms with E-state index in [1.54, 1.807) is 0 Å². The summed E-state index contributed by atoms with van der Waals surface area (Å²) in [6.45, 7) is 0.233. The Hall–Kier alpha value is -0.430. The second kappa shape index (κ2) is 5.45. The van der Waals surface area contributed by atoms with E-state index in [0.717, 1.165) is 5.56 Å². The minimum Gasteiger partial charge on any atom is -0.396 e. The predicted octanol–water partition coefficient (Wildman–Crippen LogP) is 0.550. The molecule has 1 aromatic heterocycles. The zero-order chi connectivity index (χ0) is 10.4. The second-order valence-electron chi connectivity index (χ2n) is 2.85. The van der Waals surface area contributed by atoms with Gasteiger partial charge in [-0.05, 0) is 28.8 Å². The van der Waals surface area contributed by atoms with Crippen LogP contribution in [0.3, 0.4) is 0 Å². The van der Waals surface area contributed by atoms with Crippen molar-refractivity contribution < 1.29 is 13.5 Å². The van der Waals surface area contributed by atoms with Gasteiger partial charge in [-0.2, -0.15) is 11.3 Å². The van der Waals surface area contributed by atoms with Crippen molar-refractivity contribution in [2.75, 3.05) is 12.4 Å². The van der Waals surface area contributed by atoms with Gasteiger partial charge in [-0.3, -0.25) is 0 Å². The summed E-state index contributed by atoms with van der Waals surface area (Å²) >= 11 is 1.53. The lowest BCUT2D eigenvalue weighted by Crippen LogP contribution is -2.26. The molecule has 0 saturated carbocycles.